The second-order valence-corrected chi connectivity index (χ2v) is 6.81. The summed E-state index contributed by atoms with van der Waals surface area (Å²) in [4.78, 5) is 12.4. The molecule has 0 aliphatic rings. The van der Waals surface area contributed by atoms with Crippen LogP contribution in [0.2, 0.25) is 0 Å². The van der Waals surface area contributed by atoms with Gasteiger partial charge < -0.3 is 11.1 Å². The van der Waals surface area contributed by atoms with E-state index < -0.39 is 9.84 Å². The summed E-state index contributed by atoms with van der Waals surface area (Å²) in [7, 11) is -3.25. The van der Waals surface area contributed by atoms with Crippen LogP contribution in [0.25, 0.3) is 0 Å². The van der Waals surface area contributed by atoms with Crippen molar-refractivity contribution in [3.05, 3.63) is 53.6 Å². The lowest BCUT2D eigenvalue weighted by molar-refractivity contribution is 0.102. The molecule has 0 aliphatic heterocycles. The minimum Gasteiger partial charge on any atom is -0.398 e. The van der Waals surface area contributed by atoms with E-state index in [2.05, 4.69) is 5.32 Å². The fourth-order valence-corrected chi connectivity index (χ4v) is 2.61. The molecule has 2 aromatic rings. The molecule has 0 aromatic heterocycles. The number of aryl methyl sites for hydroxylation is 1. The molecule has 0 bridgehead atoms. The summed E-state index contributed by atoms with van der Waals surface area (Å²) >= 11 is 0. The molecule has 5 nitrogen and oxygen atoms in total. The molecule has 21 heavy (non-hydrogen) atoms. The maximum absolute atomic E-state index is 12.2. The van der Waals surface area contributed by atoms with Crippen molar-refractivity contribution in [1.82, 2.24) is 0 Å². The van der Waals surface area contributed by atoms with Gasteiger partial charge in [0.2, 0.25) is 0 Å². The Morgan fingerprint density at radius 2 is 1.71 bits per heavy atom. The molecule has 3 N–H and O–H groups in total. The molecule has 0 unspecified atom stereocenters. The molecule has 6 heteroatoms. The smallest absolute Gasteiger partial charge is 0.258 e. The highest BCUT2D eigenvalue weighted by atomic mass is 32.2. The molecule has 0 spiro atoms. The van der Waals surface area contributed by atoms with Crippen LogP contribution in [0.4, 0.5) is 11.4 Å². The maximum atomic E-state index is 12.2. The minimum atomic E-state index is -3.25. The average Bonchev–Trinajstić information content (AvgIpc) is 2.38. The van der Waals surface area contributed by atoms with E-state index in [-0.39, 0.29) is 10.8 Å². The topological polar surface area (TPSA) is 89.3 Å². The number of benzene rings is 2. The van der Waals surface area contributed by atoms with Crippen molar-refractivity contribution in [2.75, 3.05) is 17.3 Å². The number of hydrogen-bond donors (Lipinski definition) is 2. The summed E-state index contributed by atoms with van der Waals surface area (Å²) in [6.07, 6.45) is 1.13. The number of anilines is 2. The lowest BCUT2D eigenvalue weighted by Gasteiger charge is -2.10. The fraction of sp³-hybridized carbons (Fsp3) is 0.133. The quantitative estimate of drug-likeness (QED) is 0.851. The van der Waals surface area contributed by atoms with Gasteiger partial charge in [-0.05, 0) is 42.8 Å². The van der Waals surface area contributed by atoms with E-state index in [9.17, 15) is 13.2 Å². The van der Waals surface area contributed by atoms with E-state index in [1.54, 1.807) is 37.3 Å². The third-order valence-corrected chi connectivity index (χ3v) is 4.20. The Hall–Kier alpha value is -2.34. The van der Waals surface area contributed by atoms with E-state index in [0.29, 0.717) is 16.9 Å². The van der Waals surface area contributed by atoms with E-state index in [4.69, 9.17) is 5.73 Å². The van der Waals surface area contributed by atoms with Gasteiger partial charge in [-0.25, -0.2) is 8.42 Å². The second kappa shape index (κ2) is 5.57. The van der Waals surface area contributed by atoms with Gasteiger partial charge >= 0.3 is 0 Å². The van der Waals surface area contributed by atoms with Crippen LogP contribution in [0, 0.1) is 6.92 Å². The number of carbonyl (C=O) groups is 1. The van der Waals surface area contributed by atoms with Gasteiger partial charge in [0.05, 0.1) is 10.5 Å². The summed E-state index contributed by atoms with van der Waals surface area (Å²) in [5.41, 5.74) is 7.93. The SMILES string of the molecule is Cc1cccc(N)c1C(=O)Nc1ccc(S(C)(=O)=O)cc1. The Morgan fingerprint density at radius 1 is 1.10 bits per heavy atom. The van der Waals surface area contributed by atoms with Crippen LogP contribution in [0.3, 0.4) is 0 Å². The van der Waals surface area contributed by atoms with E-state index in [1.807, 2.05) is 0 Å². The first-order valence-corrected chi connectivity index (χ1v) is 8.15. The third-order valence-electron chi connectivity index (χ3n) is 3.07. The maximum Gasteiger partial charge on any atom is 0.258 e. The first-order valence-electron chi connectivity index (χ1n) is 6.25. The Balaban J connectivity index is 2.24. The van der Waals surface area contributed by atoms with Gasteiger partial charge in [0.1, 0.15) is 0 Å². The molecule has 0 saturated heterocycles. The normalized spacial score (nSPS) is 11.1. The van der Waals surface area contributed by atoms with Crippen molar-refractivity contribution in [3.8, 4) is 0 Å². The van der Waals surface area contributed by atoms with E-state index in [1.165, 1.54) is 12.1 Å². The molecule has 1 amide bonds. The number of nitrogens with two attached hydrogens (primary N) is 1. The number of hydrogen-bond acceptors (Lipinski definition) is 4. The predicted octanol–water partition coefficient (Wildman–Crippen LogP) is 2.23. The Morgan fingerprint density at radius 3 is 2.24 bits per heavy atom. The lowest BCUT2D eigenvalue weighted by atomic mass is 10.1. The van der Waals surface area contributed by atoms with Crippen LogP contribution in [0.15, 0.2) is 47.4 Å². The number of rotatable bonds is 3. The van der Waals surface area contributed by atoms with Gasteiger partial charge in [-0.15, -0.1) is 0 Å². The predicted molar refractivity (Wildman–Crippen MR) is 83.1 cm³/mol. The van der Waals surface area contributed by atoms with Crippen LogP contribution in [-0.2, 0) is 9.84 Å². The second-order valence-electron chi connectivity index (χ2n) is 4.79. The highest BCUT2D eigenvalue weighted by molar-refractivity contribution is 7.90. The molecular weight excluding hydrogens is 288 g/mol. The van der Waals surface area contributed by atoms with Gasteiger partial charge in [0, 0.05) is 17.6 Å². The first-order chi connectivity index (χ1) is 9.79. The van der Waals surface area contributed by atoms with Gasteiger partial charge in [-0.2, -0.15) is 0 Å². The molecule has 2 rings (SSSR count). The highest BCUT2D eigenvalue weighted by Crippen LogP contribution is 2.19. The number of amides is 1. The monoisotopic (exact) mass is 304 g/mol. The number of sulfone groups is 1. The molecule has 0 saturated carbocycles. The number of nitrogen functional groups attached to an aromatic ring is 1. The van der Waals surface area contributed by atoms with Crippen LogP contribution < -0.4 is 11.1 Å². The lowest BCUT2D eigenvalue weighted by Crippen LogP contribution is -2.15. The molecule has 110 valence electrons. The van der Waals surface area contributed by atoms with Crippen molar-refractivity contribution < 1.29 is 13.2 Å². The fourth-order valence-electron chi connectivity index (χ4n) is 1.98. The van der Waals surface area contributed by atoms with Gasteiger partial charge in [0.25, 0.3) is 5.91 Å². The van der Waals surface area contributed by atoms with Crippen molar-refractivity contribution >= 4 is 27.1 Å². The molecular formula is C15H16N2O3S. The Labute approximate surface area is 123 Å². The summed E-state index contributed by atoms with van der Waals surface area (Å²) in [6, 6.07) is 11.2. The summed E-state index contributed by atoms with van der Waals surface area (Å²) < 4.78 is 22.7. The van der Waals surface area contributed by atoms with Crippen LogP contribution >= 0.6 is 0 Å². The molecule has 0 atom stereocenters. The van der Waals surface area contributed by atoms with Gasteiger partial charge in [0.15, 0.2) is 9.84 Å². The Bertz CT molecular complexity index is 761. The summed E-state index contributed by atoms with van der Waals surface area (Å²) in [5.74, 6) is -0.322. The van der Waals surface area contributed by atoms with Crippen LogP contribution in [0.5, 0.6) is 0 Å². The molecule has 0 heterocycles. The zero-order valence-corrected chi connectivity index (χ0v) is 12.6. The average molecular weight is 304 g/mol. The standard InChI is InChI=1S/C15H16N2O3S/c1-10-4-3-5-13(16)14(10)15(18)17-11-6-8-12(9-7-11)21(2,19)20/h3-9H,16H2,1-2H3,(H,17,18). The number of carbonyl (C=O) groups excluding carboxylic acids is 1. The Kier molecular flexibility index (Phi) is 3.99. The zero-order chi connectivity index (χ0) is 15.6. The minimum absolute atomic E-state index is 0.205. The summed E-state index contributed by atoms with van der Waals surface area (Å²) in [5, 5.41) is 2.70. The van der Waals surface area contributed by atoms with Gasteiger partial charge in [-0.1, -0.05) is 12.1 Å². The van der Waals surface area contributed by atoms with Crippen molar-refractivity contribution in [3.63, 3.8) is 0 Å². The largest absolute Gasteiger partial charge is 0.398 e. The van der Waals surface area contributed by atoms with E-state index >= 15 is 0 Å². The molecule has 2 aromatic carbocycles. The van der Waals surface area contributed by atoms with Crippen molar-refractivity contribution in [2.45, 2.75) is 11.8 Å². The van der Waals surface area contributed by atoms with E-state index in [0.717, 1.165) is 11.8 Å². The molecule has 0 fully saturated rings. The zero-order valence-electron chi connectivity index (χ0n) is 11.8. The molecule has 0 aliphatic carbocycles. The van der Waals surface area contributed by atoms with Crippen LogP contribution in [0.1, 0.15) is 15.9 Å². The first kappa shape index (κ1) is 15.1. The van der Waals surface area contributed by atoms with Crippen molar-refractivity contribution in [1.29, 1.82) is 0 Å². The summed E-state index contributed by atoms with van der Waals surface area (Å²) in [6.45, 7) is 1.80. The third kappa shape index (κ3) is 3.41. The van der Waals surface area contributed by atoms with Crippen molar-refractivity contribution in [2.24, 2.45) is 0 Å². The molecule has 0 radical (unpaired) electrons. The van der Waals surface area contributed by atoms with Crippen LogP contribution in [-0.4, -0.2) is 20.6 Å². The number of nitrogens with one attached hydrogen (secondary N) is 1. The van der Waals surface area contributed by atoms with Gasteiger partial charge in [-0.3, -0.25) is 4.79 Å². The highest BCUT2D eigenvalue weighted by Gasteiger charge is 2.13.